The highest BCUT2D eigenvalue weighted by Crippen LogP contribution is 2.46. The standard InChI is InChI=1S/C26H22I6O4.C2H4O/c1-3-34-24-19(29)8-14(9-20(24)30)26(2,13-6-17(27)23(33)18(28)7-13)15-10-21(31)25(22(32)11-15)35-5-4-16-12-36-16;1-2-3-1/h6-11,16,33H,3-5,12H2,1-2H3;1-2H2. The third-order valence-electron chi connectivity index (χ3n) is 6.33. The maximum atomic E-state index is 10.5. The summed E-state index contributed by atoms with van der Waals surface area (Å²) in [5, 5.41) is 10.5. The minimum absolute atomic E-state index is 0.325. The van der Waals surface area contributed by atoms with E-state index in [4.69, 9.17) is 14.2 Å². The van der Waals surface area contributed by atoms with Gasteiger partial charge in [0.25, 0.3) is 0 Å². The third kappa shape index (κ3) is 8.51. The Morgan fingerprint density at radius 3 is 1.51 bits per heavy atom. The van der Waals surface area contributed by atoms with Crippen LogP contribution in [0.4, 0.5) is 0 Å². The average Bonchev–Trinajstić information content (AvgIpc) is 3.79. The van der Waals surface area contributed by atoms with Crippen molar-refractivity contribution in [2.45, 2.75) is 31.8 Å². The SMILES string of the molecule is C1CO1.CCOc1c(I)cc(C(C)(c2cc(I)c(O)c(I)c2)c2cc(I)c(OCCC3CO3)c(I)c2)cc1I. The van der Waals surface area contributed by atoms with Gasteiger partial charge < -0.3 is 24.1 Å². The zero-order chi connectivity index (χ0) is 28.3. The van der Waals surface area contributed by atoms with Crippen LogP contribution >= 0.6 is 136 Å². The zero-order valence-corrected chi connectivity index (χ0v) is 34.1. The average molecular weight is 1200 g/mol. The van der Waals surface area contributed by atoms with Crippen LogP contribution < -0.4 is 9.47 Å². The fourth-order valence-electron chi connectivity index (χ4n) is 4.00. The Bertz CT molecular complexity index is 1270. The van der Waals surface area contributed by atoms with Gasteiger partial charge in [0.2, 0.25) is 0 Å². The van der Waals surface area contributed by atoms with Crippen molar-refractivity contribution in [3.63, 3.8) is 0 Å². The number of hydrogen-bond acceptors (Lipinski definition) is 5. The molecule has 0 amide bonds. The van der Waals surface area contributed by atoms with Crippen LogP contribution in [0.15, 0.2) is 36.4 Å². The summed E-state index contributed by atoms with van der Waals surface area (Å²) in [7, 11) is 0. The Morgan fingerprint density at radius 2 is 1.15 bits per heavy atom. The van der Waals surface area contributed by atoms with Crippen LogP contribution in [0, 0.1) is 21.4 Å². The van der Waals surface area contributed by atoms with Gasteiger partial charge in [0.1, 0.15) is 17.2 Å². The monoisotopic (exact) mass is 1200 g/mol. The lowest BCUT2D eigenvalue weighted by atomic mass is 9.71. The number of ether oxygens (including phenoxy) is 4. The highest BCUT2D eigenvalue weighted by atomic mass is 127. The van der Waals surface area contributed by atoms with Crippen LogP contribution in [0.25, 0.3) is 0 Å². The summed E-state index contributed by atoms with van der Waals surface area (Å²) in [6.07, 6.45) is 1.27. The molecule has 2 fully saturated rings. The first-order valence-electron chi connectivity index (χ1n) is 12.2. The van der Waals surface area contributed by atoms with Crippen LogP contribution in [0.2, 0.25) is 0 Å². The van der Waals surface area contributed by atoms with E-state index in [0.29, 0.717) is 25.1 Å². The predicted octanol–water partition coefficient (Wildman–Crippen LogP) is 8.96. The summed E-state index contributed by atoms with van der Waals surface area (Å²) >= 11 is 13.9. The van der Waals surface area contributed by atoms with E-state index >= 15 is 0 Å². The Hall–Kier alpha value is 1.36. The molecular formula is C28H26I6O5. The maximum Gasteiger partial charge on any atom is 0.145 e. The molecule has 2 heterocycles. The predicted molar refractivity (Wildman–Crippen MR) is 205 cm³/mol. The molecule has 0 bridgehead atoms. The molecule has 3 aromatic rings. The van der Waals surface area contributed by atoms with Crippen LogP contribution in [-0.2, 0) is 14.9 Å². The molecule has 210 valence electrons. The molecule has 2 aliphatic heterocycles. The second-order valence-corrected chi connectivity index (χ2v) is 16.1. The van der Waals surface area contributed by atoms with Gasteiger partial charge in [-0.25, -0.2) is 0 Å². The number of halogens is 6. The smallest absolute Gasteiger partial charge is 0.145 e. The van der Waals surface area contributed by atoms with Gasteiger partial charge in [-0.15, -0.1) is 0 Å². The van der Waals surface area contributed by atoms with E-state index in [-0.39, 0.29) is 0 Å². The molecule has 5 nitrogen and oxygen atoms in total. The highest BCUT2D eigenvalue weighted by Gasteiger charge is 2.35. The summed E-state index contributed by atoms with van der Waals surface area (Å²) in [5.74, 6) is 2.17. The van der Waals surface area contributed by atoms with Crippen LogP contribution in [0.3, 0.4) is 0 Å². The Kier molecular flexibility index (Phi) is 12.7. The number of hydrogen-bond donors (Lipinski definition) is 1. The highest BCUT2D eigenvalue weighted by molar-refractivity contribution is 14.1. The molecule has 39 heavy (non-hydrogen) atoms. The molecule has 5 rings (SSSR count). The molecule has 0 aromatic heterocycles. The molecule has 2 unspecified atom stereocenters. The second kappa shape index (κ2) is 14.9. The fourth-order valence-corrected chi connectivity index (χ4v) is 9.93. The summed E-state index contributed by atoms with van der Waals surface area (Å²) in [6.45, 7) is 8.40. The van der Waals surface area contributed by atoms with Gasteiger partial charge in [0.15, 0.2) is 0 Å². The normalized spacial score (nSPS) is 17.1. The topological polar surface area (TPSA) is 63.8 Å². The van der Waals surface area contributed by atoms with Gasteiger partial charge in [-0.05, 0) is 202 Å². The number of phenols is 1. The van der Waals surface area contributed by atoms with Gasteiger partial charge in [0.05, 0.1) is 60.6 Å². The van der Waals surface area contributed by atoms with E-state index in [9.17, 15) is 5.11 Å². The Labute approximate surface area is 311 Å². The first-order valence-corrected chi connectivity index (χ1v) is 18.7. The van der Waals surface area contributed by atoms with Crippen molar-refractivity contribution < 1.29 is 24.1 Å². The van der Waals surface area contributed by atoms with Crippen molar-refractivity contribution in [1.82, 2.24) is 0 Å². The fraction of sp³-hybridized carbons (Fsp3) is 0.357. The Balaban J connectivity index is 0.00000110. The summed E-state index contributed by atoms with van der Waals surface area (Å²) < 4.78 is 27.9. The molecule has 0 spiro atoms. The van der Waals surface area contributed by atoms with Crippen molar-refractivity contribution in [2.24, 2.45) is 0 Å². The number of rotatable bonds is 9. The van der Waals surface area contributed by atoms with Crippen LogP contribution in [0.1, 0.15) is 37.0 Å². The van der Waals surface area contributed by atoms with Gasteiger partial charge in [-0.1, -0.05) is 0 Å². The molecule has 11 heteroatoms. The number of epoxide rings is 2. The molecule has 2 atom stereocenters. The van der Waals surface area contributed by atoms with Gasteiger partial charge in [-0.2, -0.15) is 0 Å². The molecule has 0 aliphatic carbocycles. The molecule has 2 aliphatic rings. The van der Waals surface area contributed by atoms with Crippen LogP contribution in [-0.4, -0.2) is 44.2 Å². The zero-order valence-electron chi connectivity index (χ0n) is 21.1. The van der Waals surface area contributed by atoms with Crippen molar-refractivity contribution in [2.75, 3.05) is 33.0 Å². The van der Waals surface area contributed by atoms with E-state index in [2.05, 4.69) is 184 Å². The van der Waals surface area contributed by atoms with E-state index in [1.165, 1.54) is 11.1 Å². The molecule has 3 aromatic carbocycles. The third-order valence-corrected chi connectivity index (χ3v) is 11.2. The quantitative estimate of drug-likeness (QED) is 0.132. The van der Waals surface area contributed by atoms with Gasteiger partial charge in [-0.3, -0.25) is 0 Å². The minimum Gasteiger partial charge on any atom is -0.506 e. The van der Waals surface area contributed by atoms with E-state index in [1.807, 2.05) is 6.92 Å². The van der Waals surface area contributed by atoms with Crippen molar-refractivity contribution >= 4 is 136 Å². The number of aromatic hydroxyl groups is 1. The molecule has 2 saturated heterocycles. The first kappa shape index (κ1) is 33.3. The summed E-state index contributed by atoms with van der Waals surface area (Å²) in [6, 6.07) is 13.1. The van der Waals surface area contributed by atoms with Crippen molar-refractivity contribution in [3.8, 4) is 17.2 Å². The first-order chi connectivity index (χ1) is 18.6. The maximum absolute atomic E-state index is 10.5. The van der Waals surface area contributed by atoms with Gasteiger partial charge >= 0.3 is 0 Å². The van der Waals surface area contributed by atoms with E-state index < -0.39 is 5.41 Å². The second-order valence-electron chi connectivity index (χ2n) is 9.09. The van der Waals surface area contributed by atoms with E-state index in [0.717, 1.165) is 64.7 Å². The van der Waals surface area contributed by atoms with Crippen molar-refractivity contribution in [3.05, 3.63) is 74.5 Å². The molecular weight excluding hydrogens is 1180 g/mol. The molecule has 1 N–H and O–H groups in total. The molecule has 0 saturated carbocycles. The largest absolute Gasteiger partial charge is 0.506 e. The summed E-state index contributed by atoms with van der Waals surface area (Å²) in [5.41, 5.74) is 2.99. The lowest BCUT2D eigenvalue weighted by Crippen LogP contribution is -2.27. The lowest BCUT2D eigenvalue weighted by molar-refractivity contribution is 0.280. The molecule has 0 radical (unpaired) electrons. The lowest BCUT2D eigenvalue weighted by Gasteiger charge is -2.34. The van der Waals surface area contributed by atoms with E-state index in [1.54, 1.807) is 0 Å². The van der Waals surface area contributed by atoms with Crippen molar-refractivity contribution in [1.29, 1.82) is 0 Å². The summed E-state index contributed by atoms with van der Waals surface area (Å²) in [4.78, 5) is 0. The number of phenolic OH excluding ortho intramolecular Hbond substituents is 1. The van der Waals surface area contributed by atoms with Gasteiger partial charge in [0, 0.05) is 11.8 Å². The minimum atomic E-state index is -0.474. The Morgan fingerprint density at radius 1 is 0.769 bits per heavy atom. The van der Waals surface area contributed by atoms with Crippen LogP contribution in [0.5, 0.6) is 17.2 Å². The number of benzene rings is 3.